The second kappa shape index (κ2) is 7.92. The second-order valence-corrected chi connectivity index (χ2v) is 7.22. The van der Waals surface area contributed by atoms with Crippen molar-refractivity contribution < 1.29 is 9.53 Å². The number of ether oxygens (including phenoxy) is 1. The lowest BCUT2D eigenvalue weighted by Gasteiger charge is -2.36. The predicted octanol–water partition coefficient (Wildman–Crippen LogP) is 1.51. The van der Waals surface area contributed by atoms with Crippen LogP contribution in [-0.2, 0) is 6.54 Å². The van der Waals surface area contributed by atoms with Gasteiger partial charge in [0, 0.05) is 45.3 Å². The molecule has 0 aliphatic carbocycles. The van der Waals surface area contributed by atoms with Gasteiger partial charge in [0.25, 0.3) is 0 Å². The number of benzene rings is 1. The molecular formula is C20H26N6O2. The number of amidine groups is 1. The first kappa shape index (κ1) is 18.3. The molecule has 3 aliphatic heterocycles. The third-order valence-corrected chi connectivity index (χ3v) is 5.16. The Kier molecular flexibility index (Phi) is 5.18. The Morgan fingerprint density at radius 3 is 2.89 bits per heavy atom. The zero-order chi connectivity index (χ0) is 19.5. The Bertz CT molecular complexity index is 826. The number of methoxy groups -OCH3 is 1. The van der Waals surface area contributed by atoms with Gasteiger partial charge in [-0.2, -0.15) is 0 Å². The third kappa shape index (κ3) is 3.95. The summed E-state index contributed by atoms with van der Waals surface area (Å²) in [7, 11) is 1.64. The lowest BCUT2D eigenvalue weighted by Crippen LogP contribution is -2.51. The fraction of sp³-hybridized carbons (Fsp3) is 0.450. The van der Waals surface area contributed by atoms with E-state index < -0.39 is 0 Å². The van der Waals surface area contributed by atoms with E-state index in [0.717, 1.165) is 42.6 Å². The number of rotatable bonds is 4. The molecule has 8 nitrogen and oxygen atoms in total. The molecule has 1 saturated heterocycles. The van der Waals surface area contributed by atoms with Crippen molar-refractivity contribution in [3.05, 3.63) is 41.7 Å². The Labute approximate surface area is 165 Å². The number of urea groups is 1. The van der Waals surface area contributed by atoms with Gasteiger partial charge >= 0.3 is 6.03 Å². The summed E-state index contributed by atoms with van der Waals surface area (Å²) in [5.74, 6) is 2.71. The molecule has 1 fully saturated rings. The molecule has 0 saturated carbocycles. The number of carbonyl (C=O) groups is 1. The number of hydrogen-bond acceptors (Lipinski definition) is 6. The number of hydrogen-bond donors (Lipinski definition) is 1. The minimum absolute atomic E-state index is 0.0382. The molecule has 0 spiro atoms. The molecule has 0 radical (unpaired) electrons. The van der Waals surface area contributed by atoms with E-state index in [1.54, 1.807) is 7.11 Å². The van der Waals surface area contributed by atoms with Gasteiger partial charge in [0.1, 0.15) is 17.4 Å². The first-order valence-corrected chi connectivity index (χ1v) is 9.63. The van der Waals surface area contributed by atoms with Crippen molar-refractivity contribution in [1.29, 1.82) is 0 Å². The second-order valence-electron chi connectivity index (χ2n) is 7.22. The Morgan fingerprint density at radius 1 is 1.29 bits per heavy atom. The summed E-state index contributed by atoms with van der Waals surface area (Å²) in [4.78, 5) is 27.8. The van der Waals surface area contributed by atoms with Gasteiger partial charge in [0.2, 0.25) is 0 Å². The van der Waals surface area contributed by atoms with Crippen molar-refractivity contribution in [2.75, 3.05) is 39.8 Å². The van der Waals surface area contributed by atoms with E-state index >= 15 is 0 Å². The van der Waals surface area contributed by atoms with Gasteiger partial charge in [-0.3, -0.25) is 4.99 Å². The number of amides is 2. The van der Waals surface area contributed by atoms with Gasteiger partial charge in [-0.1, -0.05) is 12.1 Å². The number of aliphatic imine (C=N–C) groups is 2. The van der Waals surface area contributed by atoms with Gasteiger partial charge in [0.05, 0.1) is 19.5 Å². The fourth-order valence-corrected chi connectivity index (χ4v) is 3.61. The minimum Gasteiger partial charge on any atom is -0.497 e. The van der Waals surface area contributed by atoms with Crippen LogP contribution in [0.5, 0.6) is 5.75 Å². The average molecular weight is 382 g/mol. The summed E-state index contributed by atoms with van der Waals surface area (Å²) in [6.45, 7) is 6.35. The number of piperazine rings is 1. The normalized spacial score (nSPS) is 21.2. The number of nitrogens with one attached hydrogen (secondary N) is 1. The van der Waals surface area contributed by atoms with Crippen molar-refractivity contribution >= 4 is 18.2 Å². The average Bonchev–Trinajstić information content (AvgIpc) is 3.11. The summed E-state index contributed by atoms with van der Waals surface area (Å²) in [6.07, 6.45) is 3.91. The van der Waals surface area contributed by atoms with Crippen LogP contribution in [0.4, 0.5) is 4.79 Å². The van der Waals surface area contributed by atoms with Crippen LogP contribution in [0.3, 0.4) is 0 Å². The van der Waals surface area contributed by atoms with Gasteiger partial charge in [-0.15, -0.1) is 0 Å². The molecule has 1 unspecified atom stereocenters. The van der Waals surface area contributed by atoms with E-state index in [-0.39, 0.29) is 6.03 Å². The number of carbonyl (C=O) groups excluding carboxylic acids is 1. The van der Waals surface area contributed by atoms with E-state index in [1.165, 1.54) is 0 Å². The van der Waals surface area contributed by atoms with E-state index in [4.69, 9.17) is 4.74 Å². The Balaban J connectivity index is 1.28. The fourth-order valence-electron chi connectivity index (χ4n) is 3.61. The van der Waals surface area contributed by atoms with Crippen molar-refractivity contribution in [1.82, 2.24) is 20.0 Å². The van der Waals surface area contributed by atoms with Crippen LogP contribution < -0.4 is 10.1 Å². The summed E-state index contributed by atoms with van der Waals surface area (Å²) in [6, 6.07) is 8.00. The summed E-state index contributed by atoms with van der Waals surface area (Å²) in [5, 5.41) is 2.99. The van der Waals surface area contributed by atoms with E-state index in [1.807, 2.05) is 41.6 Å². The highest BCUT2D eigenvalue weighted by Gasteiger charge is 2.27. The zero-order valence-corrected chi connectivity index (χ0v) is 16.3. The molecular weight excluding hydrogens is 356 g/mol. The molecule has 0 aromatic heterocycles. The molecule has 1 aromatic rings. The quantitative estimate of drug-likeness (QED) is 0.857. The maximum atomic E-state index is 12.5. The van der Waals surface area contributed by atoms with Crippen LogP contribution in [0.25, 0.3) is 0 Å². The largest absolute Gasteiger partial charge is 0.497 e. The van der Waals surface area contributed by atoms with Crippen molar-refractivity contribution in [2.45, 2.75) is 19.5 Å². The molecule has 1 atom stereocenters. The molecule has 4 rings (SSSR count). The molecule has 8 heteroatoms. The van der Waals surface area contributed by atoms with E-state index in [9.17, 15) is 4.79 Å². The van der Waals surface area contributed by atoms with Gasteiger partial charge in [0.15, 0.2) is 0 Å². The van der Waals surface area contributed by atoms with Crippen LogP contribution >= 0.6 is 0 Å². The number of nitrogens with zero attached hydrogens (tertiary/aromatic N) is 5. The monoisotopic (exact) mass is 382 g/mol. The maximum Gasteiger partial charge on any atom is 0.317 e. The molecule has 28 heavy (non-hydrogen) atoms. The molecule has 148 valence electrons. The third-order valence-electron chi connectivity index (χ3n) is 5.16. The lowest BCUT2D eigenvalue weighted by atomic mass is 10.2. The van der Waals surface area contributed by atoms with Gasteiger partial charge < -0.3 is 24.8 Å². The standard InChI is InChI=1S/C20H26N6O2/c1-15-13-26-14-22-18(11-19(26)23-15)24-6-8-25(9-7-24)20(27)21-12-16-4-3-5-17(10-16)28-2/h3-5,10-11,14-15H,6-9,12-13H2,1-2H3,(H,21,27). The first-order chi connectivity index (χ1) is 13.6. The van der Waals surface area contributed by atoms with Gasteiger partial charge in [-0.05, 0) is 24.6 Å². The highest BCUT2D eigenvalue weighted by Crippen LogP contribution is 2.18. The first-order valence-electron chi connectivity index (χ1n) is 9.63. The number of fused-ring (bicyclic) bond motifs is 1. The highest BCUT2D eigenvalue weighted by molar-refractivity contribution is 6.03. The molecule has 1 N–H and O–H groups in total. The summed E-state index contributed by atoms with van der Waals surface area (Å²) >= 11 is 0. The van der Waals surface area contributed by atoms with Crippen LogP contribution in [0.2, 0.25) is 0 Å². The highest BCUT2D eigenvalue weighted by atomic mass is 16.5. The van der Waals surface area contributed by atoms with Crippen molar-refractivity contribution in [3.8, 4) is 5.75 Å². The van der Waals surface area contributed by atoms with E-state index in [0.29, 0.717) is 25.7 Å². The predicted molar refractivity (Wildman–Crippen MR) is 109 cm³/mol. The van der Waals surface area contributed by atoms with E-state index in [2.05, 4.69) is 32.0 Å². The van der Waals surface area contributed by atoms with Crippen LogP contribution in [0.1, 0.15) is 12.5 Å². The van der Waals surface area contributed by atoms with Crippen LogP contribution in [0.15, 0.2) is 46.1 Å². The molecule has 0 bridgehead atoms. The van der Waals surface area contributed by atoms with Crippen LogP contribution in [0, 0.1) is 0 Å². The molecule has 3 heterocycles. The smallest absolute Gasteiger partial charge is 0.317 e. The van der Waals surface area contributed by atoms with Crippen molar-refractivity contribution in [3.63, 3.8) is 0 Å². The zero-order valence-electron chi connectivity index (χ0n) is 16.3. The topological polar surface area (TPSA) is 72.8 Å². The minimum atomic E-state index is -0.0382. The molecule has 2 amide bonds. The molecule has 3 aliphatic rings. The molecule has 1 aromatic carbocycles. The lowest BCUT2D eigenvalue weighted by molar-refractivity contribution is 0.156. The Morgan fingerprint density at radius 2 is 2.11 bits per heavy atom. The maximum absolute atomic E-state index is 12.5. The summed E-state index contributed by atoms with van der Waals surface area (Å²) in [5.41, 5.74) is 1.02. The Hall–Kier alpha value is -3.03. The van der Waals surface area contributed by atoms with Crippen LogP contribution in [-0.4, -0.2) is 78.8 Å². The summed E-state index contributed by atoms with van der Waals surface area (Å²) < 4.78 is 5.22. The van der Waals surface area contributed by atoms with Crippen molar-refractivity contribution in [2.24, 2.45) is 9.98 Å². The van der Waals surface area contributed by atoms with Gasteiger partial charge in [-0.25, -0.2) is 9.79 Å². The SMILES string of the molecule is COc1cccc(CNC(=O)N2CCN(C3=CC4=NC(C)CN4C=N3)CC2)c1.